The zero-order chi connectivity index (χ0) is 29.1. The van der Waals surface area contributed by atoms with Gasteiger partial charge in [-0.2, -0.15) is 0 Å². The molecule has 3 aromatic carbocycles. The van der Waals surface area contributed by atoms with Gasteiger partial charge < -0.3 is 4.74 Å². The van der Waals surface area contributed by atoms with Crippen LogP contribution in [0.2, 0.25) is 0 Å². The van der Waals surface area contributed by atoms with Crippen molar-refractivity contribution in [1.82, 2.24) is 14.8 Å². The summed E-state index contributed by atoms with van der Waals surface area (Å²) in [6.07, 6.45) is 13.0. The van der Waals surface area contributed by atoms with Crippen molar-refractivity contribution in [2.24, 2.45) is 0 Å². The number of fused-ring (bicyclic) bond motifs is 3. The fourth-order valence-electron chi connectivity index (χ4n) is 5.56. The normalized spacial score (nSPS) is 11.7. The third kappa shape index (κ3) is 7.40. The number of aromatic nitrogens is 3. The van der Waals surface area contributed by atoms with E-state index in [0.717, 1.165) is 42.1 Å². The lowest BCUT2D eigenvalue weighted by Crippen LogP contribution is -2.06. The Bertz CT molecular complexity index is 1490. The van der Waals surface area contributed by atoms with Crippen LogP contribution in [0, 0.1) is 0 Å². The van der Waals surface area contributed by atoms with Crippen LogP contribution in [0.3, 0.4) is 0 Å². The predicted molar refractivity (Wildman–Crippen MR) is 173 cm³/mol. The first-order valence-electron chi connectivity index (χ1n) is 15.3. The van der Waals surface area contributed by atoms with Gasteiger partial charge in [0.15, 0.2) is 16.8 Å². The van der Waals surface area contributed by atoms with E-state index in [2.05, 4.69) is 60.1 Å². The average molecular weight is 580 g/mol. The van der Waals surface area contributed by atoms with Crippen molar-refractivity contribution in [1.29, 1.82) is 0 Å². The standard InChI is InChI=1S/C36H41N3O2S/c1-3-5-6-7-8-9-10-13-23-41-31-19-16-27(17-20-31)35-37-38-36(39(35)22-4-2)42-26-34(40)29-18-21-33-30(25-29)24-28-14-11-12-15-32(28)33/h4,11-12,14-21,25H,2-3,5-10,13,22-24,26H2,1H3. The number of nitrogens with zero attached hydrogens (tertiary/aromatic N) is 3. The minimum atomic E-state index is 0.0893. The van der Waals surface area contributed by atoms with Crippen molar-refractivity contribution in [3.05, 3.63) is 96.1 Å². The lowest BCUT2D eigenvalue weighted by atomic mass is 10.0. The van der Waals surface area contributed by atoms with Crippen LogP contribution >= 0.6 is 11.8 Å². The number of hydrogen-bond acceptors (Lipinski definition) is 5. The number of thioether (sulfide) groups is 1. The van der Waals surface area contributed by atoms with E-state index in [1.807, 2.05) is 41.0 Å². The van der Waals surface area contributed by atoms with Gasteiger partial charge in [-0.05, 0) is 65.4 Å². The Balaban J connectivity index is 1.14. The molecule has 0 unspecified atom stereocenters. The second kappa shape index (κ2) is 15.0. The molecule has 0 atom stereocenters. The van der Waals surface area contributed by atoms with Crippen molar-refractivity contribution in [2.75, 3.05) is 12.4 Å². The number of benzene rings is 3. The summed E-state index contributed by atoms with van der Waals surface area (Å²) in [5, 5.41) is 9.61. The number of rotatable bonds is 17. The first-order chi connectivity index (χ1) is 20.7. The molecule has 0 amide bonds. The number of ketones is 1. The molecule has 1 aliphatic rings. The second-order valence-electron chi connectivity index (χ2n) is 11.0. The van der Waals surface area contributed by atoms with Gasteiger partial charge in [-0.1, -0.05) is 106 Å². The van der Waals surface area contributed by atoms with E-state index in [9.17, 15) is 4.79 Å². The number of carbonyl (C=O) groups excluding carboxylic acids is 1. The summed E-state index contributed by atoms with van der Waals surface area (Å²) in [4.78, 5) is 13.2. The highest BCUT2D eigenvalue weighted by Gasteiger charge is 2.20. The van der Waals surface area contributed by atoms with Gasteiger partial charge in [0, 0.05) is 17.7 Å². The van der Waals surface area contributed by atoms with Crippen molar-refractivity contribution < 1.29 is 9.53 Å². The van der Waals surface area contributed by atoms with Gasteiger partial charge >= 0.3 is 0 Å². The maximum atomic E-state index is 13.2. The summed E-state index contributed by atoms with van der Waals surface area (Å²) in [7, 11) is 0. The SMILES string of the molecule is C=CCn1c(SCC(=O)c2ccc3c(c2)Cc2ccccc2-3)nnc1-c1ccc(OCCCCCCCCCC)cc1. The number of carbonyl (C=O) groups is 1. The summed E-state index contributed by atoms with van der Waals surface area (Å²) in [6.45, 7) is 7.48. The van der Waals surface area contributed by atoms with Gasteiger partial charge in [0.25, 0.3) is 0 Å². The molecule has 5 rings (SSSR count). The Kier molecular flexibility index (Phi) is 10.7. The van der Waals surface area contributed by atoms with E-state index in [-0.39, 0.29) is 5.78 Å². The summed E-state index contributed by atoms with van der Waals surface area (Å²) < 4.78 is 7.99. The van der Waals surface area contributed by atoms with Crippen LogP contribution in [0.1, 0.15) is 79.8 Å². The Morgan fingerprint density at radius 2 is 1.64 bits per heavy atom. The zero-order valence-corrected chi connectivity index (χ0v) is 25.5. The smallest absolute Gasteiger partial charge is 0.192 e. The first-order valence-corrected chi connectivity index (χ1v) is 16.3. The van der Waals surface area contributed by atoms with Gasteiger partial charge in [0.05, 0.1) is 12.4 Å². The van der Waals surface area contributed by atoms with E-state index in [0.29, 0.717) is 17.5 Å². The molecule has 0 spiro atoms. The molecule has 1 heterocycles. The highest BCUT2D eigenvalue weighted by molar-refractivity contribution is 7.99. The summed E-state index contributed by atoms with van der Waals surface area (Å²) in [5.41, 5.74) is 6.74. The highest BCUT2D eigenvalue weighted by Crippen LogP contribution is 2.37. The van der Waals surface area contributed by atoms with Crippen LogP contribution < -0.4 is 4.74 Å². The predicted octanol–water partition coefficient (Wildman–Crippen LogP) is 9.20. The highest BCUT2D eigenvalue weighted by atomic mass is 32.2. The van der Waals surface area contributed by atoms with Crippen molar-refractivity contribution in [3.8, 4) is 28.3 Å². The number of Topliss-reactive ketones (excluding diaryl/α,β-unsaturated/α-hetero) is 1. The van der Waals surface area contributed by atoms with Crippen molar-refractivity contribution in [2.45, 2.75) is 76.4 Å². The molecule has 0 saturated carbocycles. The molecule has 0 radical (unpaired) electrons. The maximum Gasteiger partial charge on any atom is 0.192 e. The van der Waals surface area contributed by atoms with Crippen LogP contribution in [0.4, 0.5) is 0 Å². The van der Waals surface area contributed by atoms with Gasteiger partial charge in [-0.25, -0.2) is 0 Å². The summed E-state index contributed by atoms with van der Waals surface area (Å²) >= 11 is 1.42. The summed E-state index contributed by atoms with van der Waals surface area (Å²) in [5.74, 6) is 2.02. The fraction of sp³-hybridized carbons (Fsp3) is 0.361. The van der Waals surface area contributed by atoms with Crippen molar-refractivity contribution in [3.63, 3.8) is 0 Å². The molecule has 0 N–H and O–H groups in total. The zero-order valence-electron chi connectivity index (χ0n) is 24.7. The lowest BCUT2D eigenvalue weighted by Gasteiger charge is -2.10. The summed E-state index contributed by atoms with van der Waals surface area (Å²) in [6, 6.07) is 22.6. The second-order valence-corrected chi connectivity index (χ2v) is 11.9. The largest absolute Gasteiger partial charge is 0.494 e. The van der Waals surface area contributed by atoms with Crippen LogP contribution in [-0.4, -0.2) is 32.9 Å². The Labute approximate surface area is 254 Å². The number of allylic oxidation sites excluding steroid dienone is 1. The molecule has 1 aromatic heterocycles. The molecular formula is C36H41N3O2S. The van der Waals surface area contributed by atoms with Gasteiger partial charge in [-0.3, -0.25) is 9.36 Å². The van der Waals surface area contributed by atoms with Gasteiger partial charge in [0.2, 0.25) is 0 Å². The topological polar surface area (TPSA) is 57.0 Å². The Morgan fingerprint density at radius 3 is 2.43 bits per heavy atom. The molecule has 5 nitrogen and oxygen atoms in total. The first kappa shape index (κ1) is 29.8. The van der Waals surface area contributed by atoms with Gasteiger partial charge in [0.1, 0.15) is 5.75 Å². The van der Waals surface area contributed by atoms with E-state index >= 15 is 0 Å². The fourth-order valence-corrected chi connectivity index (χ4v) is 6.40. The Morgan fingerprint density at radius 1 is 0.905 bits per heavy atom. The Hall–Kier alpha value is -3.64. The van der Waals surface area contributed by atoms with Crippen LogP contribution in [-0.2, 0) is 13.0 Å². The maximum absolute atomic E-state index is 13.2. The molecule has 1 aliphatic carbocycles. The molecule has 0 saturated heterocycles. The molecular weight excluding hydrogens is 538 g/mol. The molecule has 0 fully saturated rings. The van der Waals surface area contributed by atoms with Crippen LogP contribution in [0.5, 0.6) is 5.75 Å². The average Bonchev–Trinajstić information content (AvgIpc) is 3.60. The minimum Gasteiger partial charge on any atom is -0.494 e. The van der Waals surface area contributed by atoms with E-state index in [4.69, 9.17) is 4.74 Å². The molecule has 4 aromatic rings. The number of ether oxygens (including phenoxy) is 1. The molecule has 0 aliphatic heterocycles. The number of unbranched alkanes of at least 4 members (excludes halogenated alkanes) is 7. The number of hydrogen-bond donors (Lipinski definition) is 0. The minimum absolute atomic E-state index is 0.0893. The molecule has 42 heavy (non-hydrogen) atoms. The lowest BCUT2D eigenvalue weighted by molar-refractivity contribution is 0.102. The van der Waals surface area contributed by atoms with E-state index in [1.165, 1.54) is 79.0 Å². The molecule has 0 bridgehead atoms. The quantitative estimate of drug-likeness (QED) is 0.0476. The van der Waals surface area contributed by atoms with Crippen molar-refractivity contribution >= 4 is 17.5 Å². The molecule has 6 heteroatoms. The van der Waals surface area contributed by atoms with Crippen LogP contribution in [0.25, 0.3) is 22.5 Å². The third-order valence-electron chi connectivity index (χ3n) is 7.86. The van der Waals surface area contributed by atoms with E-state index < -0.39 is 0 Å². The monoisotopic (exact) mass is 579 g/mol. The van der Waals surface area contributed by atoms with E-state index in [1.54, 1.807) is 0 Å². The third-order valence-corrected chi connectivity index (χ3v) is 8.82. The molecule has 218 valence electrons. The van der Waals surface area contributed by atoms with Crippen LogP contribution in [0.15, 0.2) is 84.5 Å². The van der Waals surface area contributed by atoms with Gasteiger partial charge in [-0.15, -0.1) is 16.8 Å².